The van der Waals surface area contributed by atoms with Crippen molar-refractivity contribution >= 4 is 40.4 Å². The van der Waals surface area contributed by atoms with E-state index in [1.165, 1.54) is 0 Å². The van der Waals surface area contributed by atoms with Gasteiger partial charge in [-0.1, -0.05) is 16.8 Å². The molecule has 0 atom stereocenters. The van der Waals surface area contributed by atoms with Gasteiger partial charge in [0, 0.05) is 26.5 Å². The number of rotatable bonds is 4. The van der Waals surface area contributed by atoms with E-state index in [0.717, 1.165) is 10.5 Å². The molecule has 0 saturated heterocycles. The quantitative estimate of drug-likeness (QED) is 0.572. The number of hydrogen-bond donors (Lipinski definition) is 1. The average molecular weight is 324 g/mol. The molecular formula is C13H10ClN3OS2. The molecule has 3 rings (SSSR count). The Balaban J connectivity index is 1.70. The van der Waals surface area contributed by atoms with Gasteiger partial charge in [0.05, 0.1) is 5.75 Å². The third kappa shape index (κ3) is 2.98. The van der Waals surface area contributed by atoms with Gasteiger partial charge in [0.25, 0.3) is 0 Å². The number of hydrogen-bond acceptors (Lipinski definition) is 6. The lowest BCUT2D eigenvalue weighted by atomic mass is 10.3. The molecule has 7 heteroatoms. The van der Waals surface area contributed by atoms with E-state index in [2.05, 4.69) is 10.1 Å². The molecule has 0 unspecified atom stereocenters. The summed E-state index contributed by atoms with van der Waals surface area (Å²) in [6.45, 7) is 0. The molecule has 0 radical (unpaired) electrons. The van der Waals surface area contributed by atoms with Crippen molar-refractivity contribution < 1.29 is 4.52 Å². The molecule has 1 aromatic carbocycles. The molecule has 102 valence electrons. The summed E-state index contributed by atoms with van der Waals surface area (Å²) in [4.78, 5) is 5.30. The minimum Gasteiger partial charge on any atom is -0.398 e. The molecular weight excluding hydrogens is 314 g/mol. The van der Waals surface area contributed by atoms with Gasteiger partial charge in [0.2, 0.25) is 11.7 Å². The van der Waals surface area contributed by atoms with E-state index in [1.54, 1.807) is 29.2 Å². The van der Waals surface area contributed by atoms with Gasteiger partial charge < -0.3 is 10.3 Å². The maximum absolute atomic E-state index is 5.90. The lowest BCUT2D eigenvalue weighted by Gasteiger charge is -2.03. The predicted octanol–water partition coefficient (Wildman–Crippen LogP) is 4.33. The van der Waals surface area contributed by atoms with Gasteiger partial charge in [0.15, 0.2) is 0 Å². The first-order valence-corrected chi connectivity index (χ1v) is 8.06. The Bertz CT molecular complexity index is 712. The summed E-state index contributed by atoms with van der Waals surface area (Å²) in [6, 6.07) is 7.39. The van der Waals surface area contributed by atoms with Gasteiger partial charge in [-0.25, -0.2) is 0 Å². The number of nitrogens with two attached hydrogens (primary N) is 1. The summed E-state index contributed by atoms with van der Waals surface area (Å²) < 4.78 is 5.23. The fourth-order valence-electron chi connectivity index (χ4n) is 1.61. The SMILES string of the molecule is Nc1cc(Cl)ccc1SCc1nc(-c2ccsc2)no1. The summed E-state index contributed by atoms with van der Waals surface area (Å²) in [7, 11) is 0. The van der Waals surface area contributed by atoms with Crippen LogP contribution in [0.1, 0.15) is 5.89 Å². The number of thioether (sulfide) groups is 1. The topological polar surface area (TPSA) is 64.9 Å². The first-order valence-electron chi connectivity index (χ1n) is 5.75. The summed E-state index contributed by atoms with van der Waals surface area (Å²) in [6.07, 6.45) is 0. The van der Waals surface area contributed by atoms with Crippen LogP contribution in [-0.4, -0.2) is 10.1 Å². The van der Waals surface area contributed by atoms with Gasteiger partial charge in [-0.2, -0.15) is 16.3 Å². The van der Waals surface area contributed by atoms with E-state index < -0.39 is 0 Å². The lowest BCUT2D eigenvalue weighted by Crippen LogP contribution is -1.89. The molecule has 2 aromatic heterocycles. The van der Waals surface area contributed by atoms with Crippen molar-refractivity contribution in [2.24, 2.45) is 0 Å². The van der Waals surface area contributed by atoms with Crippen LogP contribution >= 0.6 is 34.7 Å². The number of benzene rings is 1. The highest BCUT2D eigenvalue weighted by Gasteiger charge is 2.10. The van der Waals surface area contributed by atoms with Crippen LogP contribution in [0.25, 0.3) is 11.4 Å². The molecule has 0 bridgehead atoms. The molecule has 0 aliphatic carbocycles. The van der Waals surface area contributed by atoms with Crippen LogP contribution in [0.3, 0.4) is 0 Å². The van der Waals surface area contributed by atoms with E-state index in [-0.39, 0.29) is 0 Å². The van der Waals surface area contributed by atoms with Crippen LogP contribution in [0, 0.1) is 0 Å². The highest BCUT2D eigenvalue weighted by atomic mass is 35.5. The summed E-state index contributed by atoms with van der Waals surface area (Å²) in [5, 5.41) is 8.56. The predicted molar refractivity (Wildman–Crippen MR) is 83.0 cm³/mol. The molecule has 0 saturated carbocycles. The Hall–Kier alpha value is -1.50. The molecule has 4 nitrogen and oxygen atoms in total. The number of anilines is 1. The van der Waals surface area contributed by atoms with Crippen molar-refractivity contribution in [2.75, 3.05) is 5.73 Å². The third-order valence-corrected chi connectivity index (χ3v) is 4.56. The zero-order chi connectivity index (χ0) is 13.9. The fourth-order valence-corrected chi connectivity index (χ4v) is 3.21. The Morgan fingerprint density at radius 2 is 2.25 bits per heavy atom. The number of aromatic nitrogens is 2. The number of nitrogen functional groups attached to an aromatic ring is 1. The maximum atomic E-state index is 5.90. The Kier molecular flexibility index (Phi) is 3.95. The zero-order valence-corrected chi connectivity index (χ0v) is 12.6. The van der Waals surface area contributed by atoms with Gasteiger partial charge in [-0.3, -0.25) is 0 Å². The summed E-state index contributed by atoms with van der Waals surface area (Å²) >= 11 is 9.01. The van der Waals surface area contributed by atoms with Gasteiger partial charge in [0.1, 0.15) is 0 Å². The second-order valence-electron chi connectivity index (χ2n) is 3.99. The fraction of sp³-hybridized carbons (Fsp3) is 0.0769. The van der Waals surface area contributed by atoms with E-state index in [9.17, 15) is 0 Å². The molecule has 0 aliphatic rings. The van der Waals surface area contributed by atoms with E-state index in [4.69, 9.17) is 21.9 Å². The highest BCUT2D eigenvalue weighted by molar-refractivity contribution is 7.98. The minimum atomic E-state index is 0.572. The van der Waals surface area contributed by atoms with E-state index in [0.29, 0.717) is 28.2 Å². The molecule has 0 amide bonds. The standard InChI is InChI=1S/C13H10ClN3OS2/c14-9-1-2-11(10(15)5-9)20-7-12-16-13(17-18-12)8-3-4-19-6-8/h1-6H,7,15H2. The van der Waals surface area contributed by atoms with Crippen LogP contribution < -0.4 is 5.73 Å². The number of nitrogens with zero attached hydrogens (tertiary/aromatic N) is 2. The van der Waals surface area contributed by atoms with E-state index in [1.807, 2.05) is 29.0 Å². The van der Waals surface area contributed by atoms with Gasteiger partial charge >= 0.3 is 0 Å². The number of halogens is 1. The van der Waals surface area contributed by atoms with E-state index >= 15 is 0 Å². The van der Waals surface area contributed by atoms with Crippen molar-refractivity contribution in [1.29, 1.82) is 0 Å². The first-order chi connectivity index (χ1) is 9.72. The van der Waals surface area contributed by atoms with Crippen molar-refractivity contribution in [3.8, 4) is 11.4 Å². The summed E-state index contributed by atoms with van der Waals surface area (Å²) in [5.74, 6) is 1.76. The lowest BCUT2D eigenvalue weighted by molar-refractivity contribution is 0.391. The molecule has 0 spiro atoms. The molecule has 3 aromatic rings. The summed E-state index contributed by atoms with van der Waals surface area (Å²) in [5.41, 5.74) is 7.52. The third-order valence-electron chi connectivity index (χ3n) is 2.57. The highest BCUT2D eigenvalue weighted by Crippen LogP contribution is 2.30. The van der Waals surface area contributed by atoms with Crippen LogP contribution in [0.4, 0.5) is 5.69 Å². The number of thiophene rings is 1. The van der Waals surface area contributed by atoms with Crippen LogP contribution in [0.5, 0.6) is 0 Å². The Labute approximate surface area is 129 Å². The van der Waals surface area contributed by atoms with Gasteiger partial charge in [-0.15, -0.1) is 11.8 Å². The smallest absolute Gasteiger partial charge is 0.237 e. The molecule has 0 fully saturated rings. The molecule has 2 N–H and O–H groups in total. The van der Waals surface area contributed by atoms with Crippen LogP contribution in [0.2, 0.25) is 5.02 Å². The Morgan fingerprint density at radius 3 is 3.00 bits per heavy atom. The maximum Gasteiger partial charge on any atom is 0.237 e. The monoisotopic (exact) mass is 323 g/mol. The Morgan fingerprint density at radius 1 is 1.35 bits per heavy atom. The van der Waals surface area contributed by atoms with Crippen molar-refractivity contribution in [3.63, 3.8) is 0 Å². The first kappa shape index (κ1) is 13.5. The van der Waals surface area contributed by atoms with Crippen molar-refractivity contribution in [1.82, 2.24) is 10.1 Å². The normalized spacial score (nSPS) is 10.8. The average Bonchev–Trinajstić information content (AvgIpc) is 3.08. The minimum absolute atomic E-state index is 0.572. The molecule has 0 aliphatic heterocycles. The van der Waals surface area contributed by atoms with Crippen LogP contribution in [-0.2, 0) is 5.75 Å². The van der Waals surface area contributed by atoms with Crippen molar-refractivity contribution in [2.45, 2.75) is 10.6 Å². The van der Waals surface area contributed by atoms with Crippen LogP contribution in [0.15, 0.2) is 44.4 Å². The molecule has 20 heavy (non-hydrogen) atoms. The second-order valence-corrected chi connectivity index (χ2v) is 6.23. The van der Waals surface area contributed by atoms with Crippen molar-refractivity contribution in [3.05, 3.63) is 45.9 Å². The zero-order valence-electron chi connectivity index (χ0n) is 10.2. The molecule has 2 heterocycles. The second kappa shape index (κ2) is 5.87. The van der Waals surface area contributed by atoms with Gasteiger partial charge in [-0.05, 0) is 29.6 Å². The largest absolute Gasteiger partial charge is 0.398 e.